The first-order valence-electron chi connectivity index (χ1n) is 11.1. The number of rotatable bonds is 6. The zero-order valence-corrected chi connectivity index (χ0v) is 16.6. The van der Waals surface area contributed by atoms with E-state index in [0.29, 0.717) is 18.9 Å². The number of carbonyl (C=O) groups is 2. The maximum Gasteiger partial charge on any atom is 0.251 e. The van der Waals surface area contributed by atoms with Gasteiger partial charge in [0.15, 0.2) is 6.10 Å². The minimum absolute atomic E-state index is 0.0902. The molecule has 1 saturated heterocycles. The molecule has 2 aliphatic carbocycles. The van der Waals surface area contributed by atoms with Gasteiger partial charge in [0.2, 0.25) is 5.91 Å². The Balaban J connectivity index is 1.53. The van der Waals surface area contributed by atoms with Gasteiger partial charge < -0.3 is 21.1 Å². The molecule has 3 rings (SSSR count). The lowest BCUT2D eigenvalue weighted by Crippen LogP contribution is -2.54. The topological polar surface area (TPSA) is 95.7 Å². The minimum atomic E-state index is -1.15. The summed E-state index contributed by atoms with van der Waals surface area (Å²) in [6, 6.07) is -0.777. The molecule has 2 amide bonds. The molecule has 0 aromatic rings. The van der Waals surface area contributed by atoms with Gasteiger partial charge in [0.1, 0.15) is 0 Å². The van der Waals surface area contributed by atoms with Crippen LogP contribution in [-0.2, 0) is 9.59 Å². The third kappa shape index (κ3) is 5.44. The molecule has 1 heterocycles. The molecule has 1 aliphatic heterocycles. The number of nitrogens with one attached hydrogen (secondary N) is 1. The maximum atomic E-state index is 12.9. The SMILES string of the molecule is N[C@@H](CC1CCCCC1)C(=O)N1CCC[C@H]1C(O)C(=O)NC1CCCCC1. The second kappa shape index (κ2) is 9.87. The van der Waals surface area contributed by atoms with E-state index < -0.39 is 18.2 Å². The Morgan fingerprint density at radius 3 is 2.26 bits per heavy atom. The van der Waals surface area contributed by atoms with Gasteiger partial charge in [0.05, 0.1) is 12.1 Å². The molecule has 154 valence electrons. The van der Waals surface area contributed by atoms with Crippen LogP contribution in [0.2, 0.25) is 0 Å². The number of hydrogen-bond acceptors (Lipinski definition) is 4. The van der Waals surface area contributed by atoms with Crippen molar-refractivity contribution < 1.29 is 14.7 Å². The Hall–Kier alpha value is -1.14. The van der Waals surface area contributed by atoms with E-state index in [2.05, 4.69) is 5.32 Å². The number of aliphatic hydroxyl groups excluding tert-OH is 1. The molecule has 3 fully saturated rings. The van der Waals surface area contributed by atoms with Crippen LogP contribution in [0.4, 0.5) is 0 Å². The van der Waals surface area contributed by atoms with Crippen LogP contribution in [-0.4, -0.2) is 52.6 Å². The summed E-state index contributed by atoms with van der Waals surface area (Å²) in [5.41, 5.74) is 6.24. The number of aliphatic hydroxyl groups is 1. The third-order valence-corrected chi connectivity index (χ3v) is 6.80. The molecular weight excluding hydrogens is 342 g/mol. The van der Waals surface area contributed by atoms with Crippen molar-refractivity contribution in [1.29, 1.82) is 0 Å². The second-order valence-electron chi connectivity index (χ2n) is 8.88. The van der Waals surface area contributed by atoms with Gasteiger partial charge >= 0.3 is 0 Å². The van der Waals surface area contributed by atoms with Crippen LogP contribution >= 0.6 is 0 Å². The first kappa shape index (κ1) is 20.6. The zero-order valence-electron chi connectivity index (χ0n) is 16.6. The van der Waals surface area contributed by atoms with E-state index >= 15 is 0 Å². The molecule has 6 heteroatoms. The molecule has 4 N–H and O–H groups in total. The van der Waals surface area contributed by atoms with Gasteiger partial charge in [-0.15, -0.1) is 0 Å². The van der Waals surface area contributed by atoms with Crippen LogP contribution in [0.25, 0.3) is 0 Å². The number of carbonyl (C=O) groups excluding carboxylic acids is 2. The quantitative estimate of drug-likeness (QED) is 0.658. The van der Waals surface area contributed by atoms with Crippen molar-refractivity contribution in [2.24, 2.45) is 11.7 Å². The molecule has 0 bridgehead atoms. The lowest BCUT2D eigenvalue weighted by Gasteiger charge is -2.32. The van der Waals surface area contributed by atoms with E-state index in [4.69, 9.17) is 5.73 Å². The summed E-state index contributed by atoms with van der Waals surface area (Å²) < 4.78 is 0. The van der Waals surface area contributed by atoms with Crippen molar-refractivity contribution in [1.82, 2.24) is 10.2 Å². The summed E-state index contributed by atoms with van der Waals surface area (Å²) in [4.78, 5) is 27.1. The predicted molar refractivity (Wildman–Crippen MR) is 105 cm³/mol. The Labute approximate surface area is 163 Å². The summed E-state index contributed by atoms with van der Waals surface area (Å²) in [5.74, 6) is 0.123. The highest BCUT2D eigenvalue weighted by Gasteiger charge is 2.39. The molecule has 1 unspecified atom stereocenters. The summed E-state index contributed by atoms with van der Waals surface area (Å²) in [6.45, 7) is 0.593. The lowest BCUT2D eigenvalue weighted by atomic mass is 9.84. The largest absolute Gasteiger partial charge is 0.381 e. The van der Waals surface area contributed by atoms with Gasteiger partial charge in [-0.05, 0) is 38.0 Å². The van der Waals surface area contributed by atoms with Gasteiger partial charge in [-0.1, -0.05) is 51.4 Å². The molecule has 0 radical (unpaired) electrons. The Morgan fingerprint density at radius 1 is 0.963 bits per heavy atom. The predicted octanol–water partition coefficient (Wildman–Crippen LogP) is 2.08. The molecule has 2 saturated carbocycles. The maximum absolute atomic E-state index is 12.9. The van der Waals surface area contributed by atoms with Crippen molar-refractivity contribution in [2.45, 2.75) is 108 Å². The number of amides is 2. The summed E-state index contributed by atoms with van der Waals surface area (Å²) in [7, 11) is 0. The van der Waals surface area contributed by atoms with Crippen LogP contribution in [0.3, 0.4) is 0 Å². The first-order valence-corrected chi connectivity index (χ1v) is 11.1. The number of hydrogen-bond donors (Lipinski definition) is 3. The molecule has 0 spiro atoms. The summed E-state index contributed by atoms with van der Waals surface area (Å²) in [5, 5.41) is 13.6. The Kier molecular flexibility index (Phi) is 7.53. The van der Waals surface area contributed by atoms with Crippen molar-refractivity contribution in [2.75, 3.05) is 6.54 Å². The minimum Gasteiger partial charge on any atom is -0.381 e. The normalized spacial score (nSPS) is 27.3. The molecule has 6 nitrogen and oxygen atoms in total. The van der Waals surface area contributed by atoms with Gasteiger partial charge in [-0.25, -0.2) is 0 Å². The van der Waals surface area contributed by atoms with Gasteiger partial charge in [-0.2, -0.15) is 0 Å². The van der Waals surface area contributed by atoms with E-state index in [1.165, 1.54) is 25.7 Å². The molecule has 3 atom stereocenters. The average Bonchev–Trinajstić information content (AvgIpc) is 3.18. The molecule has 0 aromatic heterocycles. The standard InChI is InChI=1S/C21H37N3O3/c22-17(14-15-8-3-1-4-9-15)21(27)24-13-7-12-18(24)19(25)20(26)23-16-10-5-2-6-11-16/h15-19,25H,1-14,22H2,(H,23,26)/t17-,18-,19?/m0/s1. The Bertz CT molecular complexity index is 501. The fourth-order valence-electron chi connectivity index (χ4n) is 5.20. The molecule has 27 heavy (non-hydrogen) atoms. The van der Waals surface area contributed by atoms with E-state index in [1.54, 1.807) is 4.90 Å². The van der Waals surface area contributed by atoms with Crippen LogP contribution in [0, 0.1) is 5.92 Å². The molecular formula is C21H37N3O3. The number of nitrogens with two attached hydrogens (primary N) is 1. The third-order valence-electron chi connectivity index (χ3n) is 6.80. The van der Waals surface area contributed by atoms with E-state index in [0.717, 1.165) is 51.4 Å². The van der Waals surface area contributed by atoms with Crippen LogP contribution in [0.1, 0.15) is 83.5 Å². The van der Waals surface area contributed by atoms with Crippen molar-refractivity contribution in [3.63, 3.8) is 0 Å². The highest BCUT2D eigenvalue weighted by molar-refractivity contribution is 5.85. The van der Waals surface area contributed by atoms with Crippen molar-refractivity contribution >= 4 is 11.8 Å². The highest BCUT2D eigenvalue weighted by Crippen LogP contribution is 2.29. The molecule has 3 aliphatic rings. The van der Waals surface area contributed by atoms with Gasteiger partial charge in [0.25, 0.3) is 5.91 Å². The van der Waals surface area contributed by atoms with Crippen molar-refractivity contribution in [3.8, 4) is 0 Å². The first-order chi connectivity index (χ1) is 13.1. The van der Waals surface area contributed by atoms with Crippen LogP contribution in [0.15, 0.2) is 0 Å². The van der Waals surface area contributed by atoms with E-state index in [9.17, 15) is 14.7 Å². The van der Waals surface area contributed by atoms with Crippen LogP contribution in [0.5, 0.6) is 0 Å². The summed E-state index contributed by atoms with van der Waals surface area (Å²) in [6.07, 6.45) is 12.6. The monoisotopic (exact) mass is 379 g/mol. The second-order valence-corrected chi connectivity index (χ2v) is 8.88. The fraction of sp³-hybridized carbons (Fsp3) is 0.905. The average molecular weight is 380 g/mol. The Morgan fingerprint density at radius 2 is 1.59 bits per heavy atom. The fourth-order valence-corrected chi connectivity index (χ4v) is 5.20. The zero-order chi connectivity index (χ0) is 19.2. The van der Waals surface area contributed by atoms with Gasteiger partial charge in [0, 0.05) is 12.6 Å². The van der Waals surface area contributed by atoms with Crippen LogP contribution < -0.4 is 11.1 Å². The van der Waals surface area contributed by atoms with Crippen molar-refractivity contribution in [3.05, 3.63) is 0 Å². The lowest BCUT2D eigenvalue weighted by molar-refractivity contribution is -0.141. The highest BCUT2D eigenvalue weighted by atomic mass is 16.3. The van der Waals surface area contributed by atoms with E-state index in [-0.39, 0.29) is 17.9 Å². The van der Waals surface area contributed by atoms with Gasteiger partial charge in [-0.3, -0.25) is 9.59 Å². The smallest absolute Gasteiger partial charge is 0.251 e. The van der Waals surface area contributed by atoms with E-state index in [1.807, 2.05) is 0 Å². The number of nitrogens with zero attached hydrogens (tertiary/aromatic N) is 1. The molecule has 0 aromatic carbocycles. The summed E-state index contributed by atoms with van der Waals surface area (Å²) >= 11 is 0. The number of likely N-dealkylation sites (tertiary alicyclic amines) is 1.